The van der Waals surface area contributed by atoms with Gasteiger partial charge in [0.1, 0.15) is 11.6 Å². The summed E-state index contributed by atoms with van der Waals surface area (Å²) < 4.78 is 0. The molecule has 1 N–H and O–H groups in total. The summed E-state index contributed by atoms with van der Waals surface area (Å²) in [6.07, 6.45) is 0. The van der Waals surface area contributed by atoms with E-state index in [1.165, 1.54) is 11.8 Å². The van der Waals surface area contributed by atoms with E-state index in [2.05, 4.69) is 10.3 Å². The number of carbonyl (C=O) groups excluding carboxylic acids is 2. The number of nitrogens with one attached hydrogen (secondary N) is 1. The van der Waals surface area contributed by atoms with Gasteiger partial charge in [-0.3, -0.25) is 9.59 Å². The molecule has 1 aliphatic heterocycles. The molecule has 114 valence electrons. The van der Waals surface area contributed by atoms with Crippen LogP contribution in [0.1, 0.15) is 5.69 Å². The zero-order chi connectivity index (χ0) is 15.5. The van der Waals surface area contributed by atoms with E-state index in [4.69, 9.17) is 0 Å². The summed E-state index contributed by atoms with van der Waals surface area (Å²) >= 11 is 3.13. The van der Waals surface area contributed by atoms with Gasteiger partial charge >= 0.3 is 0 Å². The van der Waals surface area contributed by atoms with Gasteiger partial charge in [-0.2, -0.15) is 0 Å². The van der Waals surface area contributed by atoms with Gasteiger partial charge in [0.15, 0.2) is 0 Å². The van der Waals surface area contributed by atoms with Crippen molar-refractivity contribution in [3.63, 3.8) is 0 Å². The van der Waals surface area contributed by atoms with Crippen molar-refractivity contribution in [3.8, 4) is 10.6 Å². The number of aryl methyl sites for hydroxylation is 1. The van der Waals surface area contributed by atoms with Crippen LogP contribution >= 0.6 is 23.1 Å². The van der Waals surface area contributed by atoms with E-state index in [9.17, 15) is 9.59 Å². The maximum atomic E-state index is 11.9. The fraction of sp³-hybridized carbons (Fsp3) is 0.267. The molecular weight excluding hydrogens is 318 g/mol. The molecule has 5 nitrogen and oxygen atoms in total. The summed E-state index contributed by atoms with van der Waals surface area (Å²) in [6, 6.07) is 7.57. The van der Waals surface area contributed by atoms with Gasteiger partial charge in [0.2, 0.25) is 11.8 Å². The maximum absolute atomic E-state index is 11.9. The van der Waals surface area contributed by atoms with Crippen LogP contribution in [0.25, 0.3) is 10.6 Å². The topological polar surface area (TPSA) is 62.3 Å². The molecule has 1 aromatic carbocycles. The lowest BCUT2D eigenvalue weighted by Crippen LogP contribution is -2.34. The van der Waals surface area contributed by atoms with Crippen LogP contribution in [0.3, 0.4) is 0 Å². The number of amides is 2. The third-order valence-electron chi connectivity index (χ3n) is 3.19. The Morgan fingerprint density at radius 1 is 1.36 bits per heavy atom. The van der Waals surface area contributed by atoms with Crippen LogP contribution in [0.2, 0.25) is 0 Å². The van der Waals surface area contributed by atoms with Crippen molar-refractivity contribution in [2.45, 2.75) is 6.92 Å². The highest BCUT2D eigenvalue weighted by atomic mass is 32.2. The Morgan fingerprint density at radius 3 is 2.73 bits per heavy atom. The summed E-state index contributed by atoms with van der Waals surface area (Å²) in [4.78, 5) is 29.4. The highest BCUT2D eigenvalue weighted by Crippen LogP contribution is 2.24. The number of carbonyl (C=O) groups is 2. The minimum absolute atomic E-state index is 0.0228. The zero-order valence-electron chi connectivity index (χ0n) is 12.0. The molecule has 0 bridgehead atoms. The molecule has 3 rings (SSSR count). The number of benzene rings is 1. The lowest BCUT2D eigenvalue weighted by molar-refractivity contribution is -0.130. The van der Waals surface area contributed by atoms with Crippen LogP contribution in [-0.4, -0.2) is 39.9 Å². The first-order valence-corrected chi connectivity index (χ1v) is 8.83. The van der Waals surface area contributed by atoms with Gasteiger partial charge in [0, 0.05) is 22.3 Å². The van der Waals surface area contributed by atoms with Crippen LogP contribution in [0.4, 0.5) is 5.69 Å². The molecule has 22 heavy (non-hydrogen) atoms. The van der Waals surface area contributed by atoms with Crippen LogP contribution in [0, 0.1) is 6.92 Å². The molecule has 0 radical (unpaired) electrons. The van der Waals surface area contributed by atoms with Gasteiger partial charge in [-0.15, -0.1) is 23.1 Å². The predicted molar refractivity (Wildman–Crippen MR) is 90.0 cm³/mol. The fourth-order valence-electron chi connectivity index (χ4n) is 2.10. The first kappa shape index (κ1) is 15.1. The summed E-state index contributed by atoms with van der Waals surface area (Å²) in [6.45, 7) is 2.08. The molecule has 7 heteroatoms. The molecule has 2 aromatic rings. The molecule has 1 aromatic heterocycles. The van der Waals surface area contributed by atoms with E-state index in [-0.39, 0.29) is 18.4 Å². The molecule has 1 fully saturated rings. The molecule has 1 saturated heterocycles. The van der Waals surface area contributed by atoms with Crippen LogP contribution in [0.5, 0.6) is 0 Å². The zero-order valence-corrected chi connectivity index (χ0v) is 13.7. The second kappa shape index (κ2) is 6.50. The quantitative estimate of drug-likeness (QED) is 0.934. The minimum Gasteiger partial charge on any atom is -0.325 e. The first-order valence-electron chi connectivity index (χ1n) is 6.80. The van der Waals surface area contributed by atoms with Crippen molar-refractivity contribution in [1.29, 1.82) is 0 Å². The lowest BCUT2D eigenvalue weighted by Gasteiger charge is -2.14. The summed E-state index contributed by atoms with van der Waals surface area (Å²) in [5.74, 6) is 0.910. The monoisotopic (exact) mass is 333 g/mol. The average molecular weight is 333 g/mol. The maximum Gasteiger partial charge on any atom is 0.244 e. The van der Waals surface area contributed by atoms with Crippen molar-refractivity contribution >= 4 is 40.6 Å². The summed E-state index contributed by atoms with van der Waals surface area (Å²) in [5.41, 5.74) is 2.76. The smallest absolute Gasteiger partial charge is 0.244 e. The van der Waals surface area contributed by atoms with Crippen molar-refractivity contribution in [2.75, 3.05) is 23.5 Å². The highest BCUT2D eigenvalue weighted by Gasteiger charge is 2.22. The van der Waals surface area contributed by atoms with Crippen molar-refractivity contribution in [3.05, 3.63) is 35.3 Å². The standard InChI is InChI=1S/C15H15N3O2S2/c1-10-7-22-15(16-10)11-2-4-12(5-3-11)17-13(19)6-18-9-21-8-14(18)20/h2-5,7H,6,8-9H2,1H3,(H,17,19). The Balaban J connectivity index is 1.61. The third-order valence-corrected chi connectivity index (χ3v) is 5.15. The lowest BCUT2D eigenvalue weighted by atomic mass is 10.2. The van der Waals surface area contributed by atoms with Gasteiger partial charge in [-0.05, 0) is 31.2 Å². The number of hydrogen-bond acceptors (Lipinski definition) is 5. The Labute approximate surface area is 136 Å². The van der Waals surface area contributed by atoms with Gasteiger partial charge in [0.05, 0.1) is 11.6 Å². The number of aromatic nitrogens is 1. The van der Waals surface area contributed by atoms with Crippen molar-refractivity contribution < 1.29 is 9.59 Å². The largest absolute Gasteiger partial charge is 0.325 e. The Morgan fingerprint density at radius 2 is 2.14 bits per heavy atom. The number of rotatable bonds is 4. The predicted octanol–water partition coefficient (Wildman–Crippen LogP) is 2.59. The van der Waals surface area contributed by atoms with Gasteiger partial charge in [0.25, 0.3) is 0 Å². The fourth-order valence-corrected chi connectivity index (χ4v) is 3.80. The third kappa shape index (κ3) is 3.48. The summed E-state index contributed by atoms with van der Waals surface area (Å²) in [5, 5.41) is 5.79. The van der Waals surface area contributed by atoms with Crippen LogP contribution < -0.4 is 5.32 Å². The molecule has 0 spiro atoms. The van der Waals surface area contributed by atoms with E-state index in [1.54, 1.807) is 16.2 Å². The molecule has 0 saturated carbocycles. The molecular formula is C15H15N3O2S2. The second-order valence-electron chi connectivity index (χ2n) is 4.99. The van der Waals surface area contributed by atoms with Crippen LogP contribution in [0.15, 0.2) is 29.6 Å². The minimum atomic E-state index is -0.173. The highest BCUT2D eigenvalue weighted by molar-refractivity contribution is 8.00. The van der Waals surface area contributed by atoms with Crippen LogP contribution in [-0.2, 0) is 9.59 Å². The number of thioether (sulfide) groups is 1. The molecule has 2 heterocycles. The molecule has 1 aliphatic rings. The number of nitrogens with zero attached hydrogens (tertiary/aromatic N) is 2. The Kier molecular flexibility index (Phi) is 4.44. The number of thiazole rings is 1. The molecule has 2 amide bonds. The first-order chi connectivity index (χ1) is 10.6. The number of anilines is 1. The van der Waals surface area contributed by atoms with Crippen molar-refractivity contribution in [1.82, 2.24) is 9.88 Å². The van der Waals surface area contributed by atoms with Gasteiger partial charge in [-0.1, -0.05) is 0 Å². The van der Waals surface area contributed by atoms with E-state index in [1.807, 2.05) is 36.6 Å². The van der Waals surface area contributed by atoms with E-state index < -0.39 is 0 Å². The summed E-state index contributed by atoms with van der Waals surface area (Å²) in [7, 11) is 0. The SMILES string of the molecule is Cc1csc(-c2ccc(NC(=O)CN3CSCC3=O)cc2)n1. The number of hydrogen-bond donors (Lipinski definition) is 1. The molecule has 0 atom stereocenters. The van der Waals surface area contributed by atoms with Gasteiger partial charge < -0.3 is 10.2 Å². The van der Waals surface area contributed by atoms with E-state index in [0.717, 1.165) is 22.0 Å². The van der Waals surface area contributed by atoms with E-state index >= 15 is 0 Å². The van der Waals surface area contributed by atoms with Crippen molar-refractivity contribution in [2.24, 2.45) is 0 Å². The molecule has 0 unspecified atom stereocenters. The van der Waals surface area contributed by atoms with E-state index in [0.29, 0.717) is 11.6 Å². The second-order valence-corrected chi connectivity index (χ2v) is 6.80. The average Bonchev–Trinajstić information content (AvgIpc) is 3.09. The Hall–Kier alpha value is -1.86. The normalized spacial score (nSPS) is 14.4. The Bertz CT molecular complexity index is 697. The molecule has 0 aliphatic carbocycles. The van der Waals surface area contributed by atoms with Gasteiger partial charge in [-0.25, -0.2) is 4.98 Å².